The Bertz CT molecular complexity index is 494. The molecule has 0 unspecified atom stereocenters. The van der Waals surface area contributed by atoms with E-state index < -0.39 is 0 Å². The number of hydrazine groups is 1. The van der Waals surface area contributed by atoms with Crippen LogP contribution in [0.4, 0.5) is 5.82 Å². The Morgan fingerprint density at radius 2 is 1.88 bits per heavy atom. The monoisotopic (exact) mass is 227 g/mol. The summed E-state index contributed by atoms with van der Waals surface area (Å²) in [4.78, 5) is 15.8. The van der Waals surface area contributed by atoms with E-state index >= 15 is 0 Å². The normalized spacial score (nSPS) is 9.71. The average Bonchev–Trinajstić information content (AvgIpc) is 2.38. The third kappa shape index (κ3) is 3.04. The van der Waals surface area contributed by atoms with Gasteiger partial charge in [-0.3, -0.25) is 15.6 Å². The van der Waals surface area contributed by atoms with E-state index in [4.69, 9.17) is 0 Å². The van der Waals surface area contributed by atoms with Crippen molar-refractivity contribution in [3.63, 3.8) is 0 Å². The van der Waals surface area contributed by atoms with Crippen LogP contribution in [0.1, 0.15) is 15.9 Å². The van der Waals surface area contributed by atoms with Crippen molar-refractivity contribution >= 4 is 11.7 Å². The topological polar surface area (TPSA) is 54.0 Å². The molecule has 0 aliphatic carbocycles. The molecule has 1 amide bonds. The largest absolute Gasteiger partial charge is 0.282 e. The van der Waals surface area contributed by atoms with Gasteiger partial charge in [-0.15, -0.1) is 0 Å². The molecule has 0 bridgehead atoms. The molecule has 2 rings (SSSR count). The van der Waals surface area contributed by atoms with Crippen LogP contribution in [-0.4, -0.2) is 10.9 Å². The molecule has 4 nitrogen and oxygen atoms in total. The van der Waals surface area contributed by atoms with Crippen molar-refractivity contribution in [3.05, 3.63) is 59.8 Å². The van der Waals surface area contributed by atoms with Gasteiger partial charge in [0.1, 0.15) is 5.82 Å². The number of aryl methyl sites for hydroxylation is 1. The van der Waals surface area contributed by atoms with Crippen LogP contribution in [0.25, 0.3) is 0 Å². The first-order valence-corrected chi connectivity index (χ1v) is 5.30. The van der Waals surface area contributed by atoms with Crippen molar-refractivity contribution in [2.45, 2.75) is 6.92 Å². The third-order valence-corrected chi connectivity index (χ3v) is 2.28. The molecule has 1 aromatic heterocycles. The highest BCUT2D eigenvalue weighted by molar-refractivity contribution is 5.94. The average molecular weight is 227 g/mol. The zero-order valence-electron chi connectivity index (χ0n) is 9.47. The molecule has 0 aliphatic heterocycles. The maximum absolute atomic E-state index is 11.7. The molecule has 4 heteroatoms. The van der Waals surface area contributed by atoms with Gasteiger partial charge in [-0.25, -0.2) is 4.98 Å². The van der Waals surface area contributed by atoms with Crippen molar-refractivity contribution < 1.29 is 4.79 Å². The molecule has 2 N–H and O–H groups in total. The summed E-state index contributed by atoms with van der Waals surface area (Å²) in [5.74, 6) is 0.420. The maximum Gasteiger partial charge on any atom is 0.269 e. The van der Waals surface area contributed by atoms with Gasteiger partial charge in [-0.1, -0.05) is 23.8 Å². The fraction of sp³-hybridized carbons (Fsp3) is 0.0769. The van der Waals surface area contributed by atoms with Crippen LogP contribution >= 0.6 is 0 Å². The number of nitrogens with one attached hydrogen (secondary N) is 2. The van der Waals surface area contributed by atoms with Gasteiger partial charge in [0.15, 0.2) is 0 Å². The fourth-order valence-corrected chi connectivity index (χ4v) is 1.33. The number of hydrogen-bond donors (Lipinski definition) is 2. The predicted molar refractivity (Wildman–Crippen MR) is 66.5 cm³/mol. The van der Waals surface area contributed by atoms with Crippen LogP contribution in [0.3, 0.4) is 0 Å². The summed E-state index contributed by atoms with van der Waals surface area (Å²) in [6.45, 7) is 1.98. The summed E-state index contributed by atoms with van der Waals surface area (Å²) >= 11 is 0. The van der Waals surface area contributed by atoms with Crippen molar-refractivity contribution in [2.24, 2.45) is 0 Å². The van der Waals surface area contributed by atoms with E-state index in [1.54, 1.807) is 24.4 Å². The molecular formula is C13H13N3O. The third-order valence-electron chi connectivity index (χ3n) is 2.28. The van der Waals surface area contributed by atoms with E-state index in [2.05, 4.69) is 15.8 Å². The van der Waals surface area contributed by atoms with Crippen LogP contribution in [0.15, 0.2) is 48.7 Å². The smallest absolute Gasteiger partial charge is 0.269 e. The van der Waals surface area contributed by atoms with E-state index in [0.717, 1.165) is 5.56 Å². The number of aromatic nitrogens is 1. The van der Waals surface area contributed by atoms with Crippen LogP contribution in [0.5, 0.6) is 0 Å². The second-order valence-corrected chi connectivity index (χ2v) is 3.66. The van der Waals surface area contributed by atoms with Gasteiger partial charge in [0.05, 0.1) is 0 Å². The van der Waals surface area contributed by atoms with E-state index in [-0.39, 0.29) is 5.91 Å². The standard InChI is InChI=1S/C13H13N3O/c1-10-5-7-11(8-6-10)13(17)16-15-12-4-2-3-9-14-12/h2-9H,1H3,(H,14,15)(H,16,17). The molecule has 0 saturated heterocycles. The van der Waals surface area contributed by atoms with Gasteiger partial charge in [-0.2, -0.15) is 0 Å². The lowest BCUT2D eigenvalue weighted by molar-refractivity contribution is 0.0962. The summed E-state index contributed by atoms with van der Waals surface area (Å²) in [7, 11) is 0. The van der Waals surface area contributed by atoms with Crippen LogP contribution < -0.4 is 10.9 Å². The molecule has 0 radical (unpaired) electrons. The Hall–Kier alpha value is -2.36. The number of rotatable bonds is 3. The van der Waals surface area contributed by atoms with Crippen molar-refractivity contribution in [1.82, 2.24) is 10.4 Å². The van der Waals surface area contributed by atoms with Gasteiger partial charge in [0, 0.05) is 11.8 Å². The molecule has 1 aromatic carbocycles. The Morgan fingerprint density at radius 3 is 2.53 bits per heavy atom. The second kappa shape index (κ2) is 5.12. The number of benzene rings is 1. The van der Waals surface area contributed by atoms with Gasteiger partial charge in [0.25, 0.3) is 5.91 Å². The number of nitrogens with zero attached hydrogens (tertiary/aromatic N) is 1. The molecule has 0 atom stereocenters. The lowest BCUT2D eigenvalue weighted by Crippen LogP contribution is -2.29. The number of anilines is 1. The van der Waals surface area contributed by atoms with Gasteiger partial charge in [-0.05, 0) is 31.2 Å². The molecule has 0 aliphatic rings. The Labute approximate surface area is 99.7 Å². The van der Waals surface area contributed by atoms with Crippen molar-refractivity contribution in [1.29, 1.82) is 0 Å². The minimum atomic E-state index is -0.185. The first-order valence-electron chi connectivity index (χ1n) is 5.30. The summed E-state index contributed by atoms with van der Waals surface area (Å²) in [6.07, 6.45) is 1.65. The first-order chi connectivity index (χ1) is 8.25. The van der Waals surface area contributed by atoms with E-state index in [1.165, 1.54) is 0 Å². The summed E-state index contributed by atoms with van der Waals surface area (Å²) in [5.41, 5.74) is 7.06. The van der Waals surface area contributed by atoms with Gasteiger partial charge >= 0.3 is 0 Å². The number of carbonyl (C=O) groups is 1. The highest BCUT2D eigenvalue weighted by atomic mass is 16.2. The highest BCUT2D eigenvalue weighted by Gasteiger charge is 2.03. The first kappa shape index (κ1) is 11.1. The summed E-state index contributed by atoms with van der Waals surface area (Å²) < 4.78 is 0. The maximum atomic E-state index is 11.7. The number of amides is 1. The van der Waals surface area contributed by atoms with E-state index in [0.29, 0.717) is 11.4 Å². The predicted octanol–water partition coefficient (Wildman–Crippen LogP) is 2.15. The van der Waals surface area contributed by atoms with Crippen LogP contribution in [-0.2, 0) is 0 Å². The zero-order chi connectivity index (χ0) is 12.1. The SMILES string of the molecule is Cc1ccc(C(=O)NNc2ccccn2)cc1. The second-order valence-electron chi connectivity index (χ2n) is 3.66. The van der Waals surface area contributed by atoms with Gasteiger partial charge in [0.2, 0.25) is 0 Å². The number of carbonyl (C=O) groups excluding carboxylic acids is 1. The molecule has 2 aromatic rings. The van der Waals surface area contributed by atoms with Crippen LogP contribution in [0, 0.1) is 6.92 Å². The van der Waals surface area contributed by atoms with Gasteiger partial charge < -0.3 is 0 Å². The lowest BCUT2D eigenvalue weighted by Gasteiger charge is -2.07. The molecule has 1 heterocycles. The van der Waals surface area contributed by atoms with E-state index in [1.807, 2.05) is 31.2 Å². The Kier molecular flexibility index (Phi) is 3.35. The molecule has 17 heavy (non-hydrogen) atoms. The minimum Gasteiger partial charge on any atom is -0.282 e. The highest BCUT2D eigenvalue weighted by Crippen LogP contribution is 2.03. The van der Waals surface area contributed by atoms with Crippen molar-refractivity contribution in [2.75, 3.05) is 5.43 Å². The number of hydrogen-bond acceptors (Lipinski definition) is 3. The minimum absolute atomic E-state index is 0.185. The molecule has 86 valence electrons. The molecular weight excluding hydrogens is 214 g/mol. The van der Waals surface area contributed by atoms with E-state index in [9.17, 15) is 4.79 Å². The fourth-order valence-electron chi connectivity index (χ4n) is 1.33. The Balaban J connectivity index is 1.96. The zero-order valence-corrected chi connectivity index (χ0v) is 9.47. The quantitative estimate of drug-likeness (QED) is 0.790. The molecule has 0 saturated carbocycles. The van der Waals surface area contributed by atoms with Crippen LogP contribution in [0.2, 0.25) is 0 Å². The Morgan fingerprint density at radius 1 is 1.12 bits per heavy atom. The molecule has 0 fully saturated rings. The summed E-state index contributed by atoms with van der Waals surface area (Å²) in [6, 6.07) is 12.8. The summed E-state index contributed by atoms with van der Waals surface area (Å²) in [5, 5.41) is 0. The van der Waals surface area contributed by atoms with Crippen molar-refractivity contribution in [3.8, 4) is 0 Å². The number of pyridine rings is 1. The lowest BCUT2D eigenvalue weighted by atomic mass is 10.1. The molecule has 0 spiro atoms.